The Labute approximate surface area is 150 Å². The number of thiophene rings is 1. The van der Waals surface area contributed by atoms with Crippen molar-refractivity contribution >= 4 is 39.0 Å². The van der Waals surface area contributed by atoms with Crippen molar-refractivity contribution in [2.45, 2.75) is 11.0 Å². The Morgan fingerprint density at radius 3 is 2.74 bits per heavy atom. The second kappa shape index (κ2) is 7.37. The summed E-state index contributed by atoms with van der Waals surface area (Å²) in [7, 11) is 3.28. The van der Waals surface area contributed by atoms with Crippen LogP contribution in [0.4, 0.5) is 0 Å². The molecule has 0 bridgehead atoms. The highest BCUT2D eigenvalue weighted by atomic mass is 79.9. The molecule has 3 rings (SSSR count). The lowest BCUT2D eigenvalue weighted by Gasteiger charge is -2.11. The minimum absolute atomic E-state index is 0.525. The molecule has 0 aliphatic carbocycles. The predicted octanol–water partition coefficient (Wildman–Crippen LogP) is 4.87. The minimum atomic E-state index is 0.525. The van der Waals surface area contributed by atoms with E-state index >= 15 is 0 Å². The summed E-state index contributed by atoms with van der Waals surface area (Å²) in [4.78, 5) is 0.965. The van der Waals surface area contributed by atoms with E-state index in [-0.39, 0.29) is 0 Å². The first-order valence-electron chi connectivity index (χ1n) is 6.62. The van der Waals surface area contributed by atoms with Gasteiger partial charge in [-0.05, 0) is 39.5 Å². The third-order valence-corrected chi connectivity index (χ3v) is 5.39. The summed E-state index contributed by atoms with van der Waals surface area (Å²) < 4.78 is 17.3. The number of halogens is 1. The Morgan fingerprint density at radius 2 is 2.04 bits per heavy atom. The van der Waals surface area contributed by atoms with Crippen LogP contribution in [-0.4, -0.2) is 24.4 Å². The minimum Gasteiger partial charge on any atom is -0.496 e. The average molecular weight is 413 g/mol. The largest absolute Gasteiger partial charge is 0.496 e. The molecule has 0 fully saturated rings. The van der Waals surface area contributed by atoms with E-state index in [0.717, 1.165) is 26.4 Å². The molecule has 120 valence electrons. The zero-order valence-corrected chi connectivity index (χ0v) is 15.6. The molecule has 0 N–H and O–H groups in total. The Kier molecular flexibility index (Phi) is 5.24. The summed E-state index contributed by atoms with van der Waals surface area (Å²) in [6.07, 6.45) is 0. The lowest BCUT2D eigenvalue weighted by molar-refractivity contribution is 0.398. The van der Waals surface area contributed by atoms with Crippen LogP contribution in [0.25, 0.3) is 10.8 Å². The van der Waals surface area contributed by atoms with Gasteiger partial charge in [-0.25, -0.2) is 0 Å². The third-order valence-electron chi connectivity index (χ3n) is 3.04. The van der Waals surface area contributed by atoms with Gasteiger partial charge in [-0.1, -0.05) is 17.8 Å². The molecular formula is C15H13BrN2O3S2. The van der Waals surface area contributed by atoms with Crippen molar-refractivity contribution in [3.63, 3.8) is 0 Å². The van der Waals surface area contributed by atoms with E-state index in [0.29, 0.717) is 16.9 Å². The second-order valence-corrected chi connectivity index (χ2v) is 7.17. The van der Waals surface area contributed by atoms with Crippen LogP contribution in [0.5, 0.6) is 11.5 Å². The highest BCUT2D eigenvalue weighted by Gasteiger charge is 2.13. The highest BCUT2D eigenvalue weighted by molar-refractivity contribution is 9.10. The zero-order valence-electron chi connectivity index (χ0n) is 12.4. The van der Waals surface area contributed by atoms with Crippen molar-refractivity contribution in [1.82, 2.24) is 10.2 Å². The maximum absolute atomic E-state index is 5.67. The molecule has 0 radical (unpaired) electrons. The number of benzene rings is 1. The van der Waals surface area contributed by atoms with E-state index in [1.54, 1.807) is 25.6 Å². The van der Waals surface area contributed by atoms with Gasteiger partial charge in [-0.3, -0.25) is 0 Å². The molecule has 0 amide bonds. The SMILES string of the molecule is COc1cc(CSc2nnc(-c3cccs3)o2)c(OC)cc1Br. The summed E-state index contributed by atoms with van der Waals surface area (Å²) in [5.41, 5.74) is 0.994. The lowest BCUT2D eigenvalue weighted by Crippen LogP contribution is -1.93. The van der Waals surface area contributed by atoms with Crippen molar-refractivity contribution in [3.05, 3.63) is 39.7 Å². The fraction of sp³-hybridized carbons (Fsp3) is 0.200. The Balaban J connectivity index is 1.75. The van der Waals surface area contributed by atoms with Crippen LogP contribution in [0.15, 0.2) is 43.8 Å². The van der Waals surface area contributed by atoms with Crippen molar-refractivity contribution in [1.29, 1.82) is 0 Å². The van der Waals surface area contributed by atoms with Gasteiger partial charge in [0.2, 0.25) is 0 Å². The number of hydrogen-bond acceptors (Lipinski definition) is 7. The van der Waals surface area contributed by atoms with Crippen LogP contribution in [0.1, 0.15) is 5.56 Å². The summed E-state index contributed by atoms with van der Waals surface area (Å²) in [5, 5.41) is 10.6. The van der Waals surface area contributed by atoms with Crippen LogP contribution in [0, 0.1) is 0 Å². The molecule has 0 saturated carbocycles. The number of thioether (sulfide) groups is 1. The fourth-order valence-electron chi connectivity index (χ4n) is 1.94. The standard InChI is InChI=1S/C15H13BrN2O3S2/c1-19-11-7-10(16)12(20-2)6-9(11)8-23-15-18-17-14(21-15)13-4-3-5-22-13/h3-7H,8H2,1-2H3. The molecule has 8 heteroatoms. The van der Waals surface area contributed by atoms with Crippen LogP contribution in [0.2, 0.25) is 0 Å². The van der Waals surface area contributed by atoms with Crippen molar-refractivity contribution in [2.75, 3.05) is 14.2 Å². The highest BCUT2D eigenvalue weighted by Crippen LogP contribution is 2.36. The number of ether oxygens (including phenoxy) is 2. The van der Waals surface area contributed by atoms with Crippen molar-refractivity contribution in [2.24, 2.45) is 0 Å². The molecule has 0 spiro atoms. The zero-order chi connectivity index (χ0) is 16.2. The molecule has 0 unspecified atom stereocenters. The van der Waals surface area contributed by atoms with E-state index < -0.39 is 0 Å². The molecule has 2 heterocycles. The van der Waals surface area contributed by atoms with Gasteiger partial charge in [0.15, 0.2) is 0 Å². The molecule has 5 nitrogen and oxygen atoms in total. The first-order valence-corrected chi connectivity index (χ1v) is 9.27. The van der Waals surface area contributed by atoms with Crippen molar-refractivity contribution < 1.29 is 13.9 Å². The average Bonchev–Trinajstić information content (AvgIpc) is 3.24. The smallest absolute Gasteiger partial charge is 0.277 e. The van der Waals surface area contributed by atoms with E-state index in [9.17, 15) is 0 Å². The Bertz CT molecular complexity index is 790. The number of hydrogen-bond donors (Lipinski definition) is 0. The molecule has 2 aromatic heterocycles. The quantitative estimate of drug-likeness (QED) is 0.538. The van der Waals surface area contributed by atoms with Gasteiger partial charge in [0.1, 0.15) is 11.5 Å². The molecule has 0 saturated heterocycles. The summed E-state index contributed by atoms with van der Waals surface area (Å²) in [6.45, 7) is 0. The number of aromatic nitrogens is 2. The summed E-state index contributed by atoms with van der Waals surface area (Å²) in [6, 6.07) is 7.73. The first kappa shape index (κ1) is 16.4. The topological polar surface area (TPSA) is 57.4 Å². The molecule has 0 atom stereocenters. The number of rotatable bonds is 6. The van der Waals surface area contributed by atoms with Gasteiger partial charge in [-0.15, -0.1) is 21.5 Å². The van der Waals surface area contributed by atoms with Gasteiger partial charge in [0.25, 0.3) is 11.1 Å². The molecule has 1 aromatic carbocycles. The van der Waals surface area contributed by atoms with Crippen LogP contribution < -0.4 is 9.47 Å². The first-order chi connectivity index (χ1) is 11.2. The maximum Gasteiger partial charge on any atom is 0.277 e. The molecular weight excluding hydrogens is 400 g/mol. The number of methoxy groups -OCH3 is 2. The normalized spacial score (nSPS) is 10.7. The van der Waals surface area contributed by atoms with Gasteiger partial charge < -0.3 is 13.9 Å². The molecule has 3 aromatic rings. The summed E-state index contributed by atoms with van der Waals surface area (Å²) in [5.74, 6) is 2.72. The summed E-state index contributed by atoms with van der Waals surface area (Å²) >= 11 is 6.48. The Hall–Kier alpha value is -1.51. The molecule has 23 heavy (non-hydrogen) atoms. The monoisotopic (exact) mass is 412 g/mol. The van der Waals surface area contributed by atoms with Gasteiger partial charge in [-0.2, -0.15) is 0 Å². The van der Waals surface area contributed by atoms with Crippen molar-refractivity contribution in [3.8, 4) is 22.3 Å². The van der Waals surface area contributed by atoms with Crippen LogP contribution >= 0.6 is 39.0 Å². The second-order valence-electron chi connectivity index (χ2n) is 4.44. The maximum atomic E-state index is 5.67. The van der Waals surface area contributed by atoms with Gasteiger partial charge in [0.05, 0.1) is 23.6 Å². The Morgan fingerprint density at radius 1 is 1.22 bits per heavy atom. The molecule has 0 aliphatic heterocycles. The lowest BCUT2D eigenvalue weighted by atomic mass is 10.2. The van der Waals surface area contributed by atoms with E-state index in [4.69, 9.17) is 13.9 Å². The van der Waals surface area contributed by atoms with Crippen LogP contribution in [0.3, 0.4) is 0 Å². The van der Waals surface area contributed by atoms with Gasteiger partial charge >= 0.3 is 0 Å². The van der Waals surface area contributed by atoms with Crippen LogP contribution in [-0.2, 0) is 5.75 Å². The molecule has 0 aliphatic rings. The van der Waals surface area contributed by atoms with E-state index in [1.165, 1.54) is 11.8 Å². The predicted molar refractivity (Wildman–Crippen MR) is 94.4 cm³/mol. The van der Waals surface area contributed by atoms with E-state index in [2.05, 4.69) is 26.1 Å². The fourth-order valence-corrected chi connectivity index (χ4v) is 3.81. The third kappa shape index (κ3) is 3.70. The van der Waals surface area contributed by atoms with E-state index in [1.807, 2.05) is 29.6 Å². The number of nitrogens with zero attached hydrogens (tertiary/aromatic N) is 2. The van der Waals surface area contributed by atoms with Gasteiger partial charge in [0, 0.05) is 11.3 Å².